The van der Waals surface area contributed by atoms with Crippen LogP contribution in [0.15, 0.2) is 15.4 Å². The number of carbonyl (C=O) groups excluding carboxylic acids is 2. The van der Waals surface area contributed by atoms with Crippen LogP contribution in [-0.4, -0.2) is 48.4 Å². The molecule has 1 unspecified atom stereocenters. The van der Waals surface area contributed by atoms with E-state index in [9.17, 15) is 9.59 Å². The first-order valence-electron chi connectivity index (χ1n) is 7.37. The Kier molecular flexibility index (Phi) is 4.12. The molecule has 1 aliphatic carbocycles. The number of fused-ring (bicyclic) bond motifs is 1. The Labute approximate surface area is 137 Å². The predicted molar refractivity (Wildman–Crippen MR) is 83.4 cm³/mol. The predicted octanol–water partition coefficient (Wildman–Crippen LogP) is 1.18. The Balaban J connectivity index is 1.74. The van der Waals surface area contributed by atoms with Crippen molar-refractivity contribution in [3.63, 3.8) is 0 Å². The van der Waals surface area contributed by atoms with Crippen LogP contribution in [0.1, 0.15) is 25.7 Å². The molecular formula is C14H19BrN4O3. The van der Waals surface area contributed by atoms with E-state index in [-0.39, 0.29) is 24.0 Å². The molecular weight excluding hydrogens is 352 g/mol. The van der Waals surface area contributed by atoms with Crippen LogP contribution in [0.25, 0.3) is 0 Å². The highest BCUT2D eigenvalue weighted by atomic mass is 79.9. The molecule has 0 aromatic rings. The highest BCUT2D eigenvalue weighted by Crippen LogP contribution is 2.42. The zero-order chi connectivity index (χ0) is 15.9. The van der Waals surface area contributed by atoms with E-state index in [0.29, 0.717) is 11.6 Å². The summed E-state index contributed by atoms with van der Waals surface area (Å²) in [5.41, 5.74) is 0.546. The molecule has 1 fully saturated rings. The Bertz CT molecular complexity index is 554. The molecule has 0 bridgehead atoms. The van der Waals surface area contributed by atoms with Crippen LogP contribution >= 0.6 is 15.9 Å². The van der Waals surface area contributed by atoms with E-state index in [4.69, 9.17) is 4.74 Å². The van der Waals surface area contributed by atoms with Crippen LogP contribution in [0.4, 0.5) is 0 Å². The average Bonchev–Trinajstić information content (AvgIpc) is 2.79. The van der Waals surface area contributed by atoms with Crippen molar-refractivity contribution < 1.29 is 14.3 Å². The number of rotatable bonds is 2. The molecule has 0 aromatic heterocycles. The van der Waals surface area contributed by atoms with Crippen LogP contribution in [0.2, 0.25) is 0 Å². The molecule has 1 amide bonds. The van der Waals surface area contributed by atoms with Gasteiger partial charge in [-0.05, 0) is 47.5 Å². The summed E-state index contributed by atoms with van der Waals surface area (Å²) in [6, 6.07) is 0. The lowest BCUT2D eigenvalue weighted by atomic mass is 9.80. The fraction of sp³-hybridized carbons (Fsp3) is 0.643. The summed E-state index contributed by atoms with van der Waals surface area (Å²) in [7, 11) is 3.39. The van der Waals surface area contributed by atoms with Gasteiger partial charge < -0.3 is 15.0 Å². The van der Waals surface area contributed by atoms with Gasteiger partial charge in [0.25, 0.3) is 5.91 Å². The first-order valence-corrected chi connectivity index (χ1v) is 8.17. The largest absolute Gasteiger partial charge is 0.469 e. The number of amides is 1. The summed E-state index contributed by atoms with van der Waals surface area (Å²) in [5.74, 6) is 0.0732. The smallest absolute Gasteiger partial charge is 0.308 e. The van der Waals surface area contributed by atoms with Gasteiger partial charge in [-0.1, -0.05) is 0 Å². The quantitative estimate of drug-likeness (QED) is 0.583. The molecule has 0 spiro atoms. The molecule has 0 radical (unpaired) electrons. The van der Waals surface area contributed by atoms with Gasteiger partial charge in [-0.15, -0.1) is 0 Å². The van der Waals surface area contributed by atoms with Crippen molar-refractivity contribution in [2.75, 3.05) is 14.2 Å². The molecule has 7 nitrogen and oxygen atoms in total. The van der Waals surface area contributed by atoms with Crippen LogP contribution < -0.4 is 5.32 Å². The monoisotopic (exact) mass is 370 g/mol. The van der Waals surface area contributed by atoms with Crippen molar-refractivity contribution in [2.24, 2.45) is 16.9 Å². The Morgan fingerprint density at radius 2 is 2.09 bits per heavy atom. The van der Waals surface area contributed by atoms with Crippen molar-refractivity contribution >= 4 is 34.1 Å². The van der Waals surface area contributed by atoms with E-state index in [1.165, 1.54) is 13.4 Å². The maximum Gasteiger partial charge on any atom is 0.308 e. The zero-order valence-electron chi connectivity index (χ0n) is 12.6. The molecule has 3 aliphatic rings. The molecule has 1 saturated carbocycles. The lowest BCUT2D eigenvalue weighted by Crippen LogP contribution is -2.47. The summed E-state index contributed by atoms with van der Waals surface area (Å²) in [6.07, 6.45) is 4.89. The fourth-order valence-corrected chi connectivity index (χ4v) is 4.12. The van der Waals surface area contributed by atoms with Crippen molar-refractivity contribution in [1.82, 2.24) is 15.2 Å². The van der Waals surface area contributed by atoms with Crippen LogP contribution in [-0.2, 0) is 14.3 Å². The van der Waals surface area contributed by atoms with Crippen LogP contribution in [0.3, 0.4) is 0 Å². The first-order chi connectivity index (χ1) is 10.5. The van der Waals surface area contributed by atoms with E-state index < -0.39 is 0 Å². The summed E-state index contributed by atoms with van der Waals surface area (Å²) in [5, 5.41) is 8.72. The second kappa shape index (κ2) is 5.91. The molecule has 1 atom stereocenters. The van der Waals surface area contributed by atoms with Gasteiger partial charge in [0.2, 0.25) is 0 Å². The van der Waals surface area contributed by atoms with Gasteiger partial charge in [-0.25, -0.2) is 5.01 Å². The van der Waals surface area contributed by atoms with E-state index in [1.54, 1.807) is 5.01 Å². The number of methoxy groups -OCH3 is 1. The van der Waals surface area contributed by atoms with Crippen LogP contribution in [0.5, 0.6) is 0 Å². The number of ether oxygens (including phenoxy) is 1. The number of hydrazone groups is 1. The number of hydrogen-bond donors (Lipinski definition) is 1. The summed E-state index contributed by atoms with van der Waals surface area (Å²) in [6.45, 7) is 0. The Morgan fingerprint density at radius 3 is 2.73 bits per heavy atom. The average molecular weight is 371 g/mol. The number of halogens is 1. The third-order valence-corrected chi connectivity index (χ3v) is 5.64. The molecule has 120 valence electrons. The SMILES string of the molecule is COC(=O)C1CCC(C2N(C)C(Br)=C3C(=O)NC=NN32)CC1. The van der Waals surface area contributed by atoms with Crippen molar-refractivity contribution in [2.45, 2.75) is 31.8 Å². The van der Waals surface area contributed by atoms with Gasteiger partial charge in [0, 0.05) is 7.05 Å². The third-order valence-electron chi connectivity index (χ3n) is 4.70. The fourth-order valence-electron chi connectivity index (χ4n) is 3.55. The second-order valence-corrected chi connectivity index (χ2v) is 6.61. The number of hydrogen-bond acceptors (Lipinski definition) is 6. The minimum atomic E-state index is -0.153. The number of carbonyl (C=O) groups is 2. The minimum Gasteiger partial charge on any atom is -0.469 e. The molecule has 1 N–H and O–H groups in total. The number of esters is 1. The topological polar surface area (TPSA) is 74.2 Å². The normalized spacial score (nSPS) is 31.2. The first kappa shape index (κ1) is 15.3. The highest BCUT2D eigenvalue weighted by Gasteiger charge is 2.45. The van der Waals surface area contributed by atoms with Gasteiger partial charge in [-0.2, -0.15) is 5.10 Å². The standard InChI is InChI=1S/C14H19BrN4O3/c1-18-11(15)10-12(20)16-7-17-19(10)13(18)8-3-5-9(6-4-8)14(21)22-2/h7-9,13H,3-6H2,1-2H3,(H,16,17,20). The molecule has 2 heterocycles. The summed E-state index contributed by atoms with van der Waals surface area (Å²) < 4.78 is 5.59. The minimum absolute atomic E-state index is 0.00279. The van der Waals surface area contributed by atoms with Crippen LogP contribution in [0, 0.1) is 11.8 Å². The highest BCUT2D eigenvalue weighted by molar-refractivity contribution is 9.11. The maximum atomic E-state index is 12.0. The van der Waals surface area contributed by atoms with Gasteiger partial charge >= 0.3 is 5.97 Å². The van der Waals surface area contributed by atoms with E-state index in [0.717, 1.165) is 30.3 Å². The van der Waals surface area contributed by atoms with Crippen molar-refractivity contribution in [3.05, 3.63) is 10.3 Å². The van der Waals surface area contributed by atoms with Gasteiger partial charge in [0.15, 0.2) is 5.70 Å². The molecule has 0 saturated heterocycles. The second-order valence-electron chi connectivity index (χ2n) is 5.86. The summed E-state index contributed by atoms with van der Waals surface area (Å²) in [4.78, 5) is 25.7. The van der Waals surface area contributed by atoms with Gasteiger partial charge in [-0.3, -0.25) is 9.59 Å². The lowest BCUT2D eigenvalue weighted by Gasteiger charge is -2.38. The Morgan fingerprint density at radius 1 is 1.41 bits per heavy atom. The number of nitrogens with one attached hydrogen (secondary N) is 1. The van der Waals surface area contributed by atoms with Crippen molar-refractivity contribution in [1.29, 1.82) is 0 Å². The molecule has 2 aliphatic heterocycles. The third kappa shape index (κ3) is 2.39. The zero-order valence-corrected chi connectivity index (χ0v) is 14.2. The van der Waals surface area contributed by atoms with E-state index in [1.807, 2.05) is 11.9 Å². The maximum absolute atomic E-state index is 12.0. The van der Waals surface area contributed by atoms with Gasteiger partial charge in [0.1, 0.15) is 17.1 Å². The molecule has 8 heteroatoms. The lowest BCUT2D eigenvalue weighted by molar-refractivity contribution is -0.147. The number of nitrogens with zero attached hydrogens (tertiary/aromatic N) is 3. The van der Waals surface area contributed by atoms with E-state index >= 15 is 0 Å². The Hall–Kier alpha value is -1.57. The van der Waals surface area contributed by atoms with Gasteiger partial charge in [0.05, 0.1) is 13.0 Å². The molecule has 0 aromatic carbocycles. The molecule has 3 rings (SSSR count). The van der Waals surface area contributed by atoms with E-state index in [2.05, 4.69) is 26.3 Å². The molecule has 22 heavy (non-hydrogen) atoms. The summed E-state index contributed by atoms with van der Waals surface area (Å²) >= 11 is 3.49. The van der Waals surface area contributed by atoms with Crippen molar-refractivity contribution in [3.8, 4) is 0 Å².